The molecule has 0 fully saturated rings. The molecule has 0 saturated heterocycles. The van der Waals surface area contributed by atoms with E-state index in [1.807, 2.05) is 0 Å². The summed E-state index contributed by atoms with van der Waals surface area (Å²) in [5.41, 5.74) is 3.13. The van der Waals surface area contributed by atoms with Gasteiger partial charge in [0.05, 0.1) is 0 Å². The molecular formula is C20H23. The molecule has 0 nitrogen and oxygen atoms in total. The highest BCUT2D eigenvalue weighted by Crippen LogP contribution is 2.44. The van der Waals surface area contributed by atoms with E-state index in [1.165, 1.54) is 47.6 Å². The van der Waals surface area contributed by atoms with Crippen molar-refractivity contribution in [3.05, 3.63) is 60.5 Å². The lowest BCUT2D eigenvalue weighted by Gasteiger charge is -2.35. The van der Waals surface area contributed by atoms with E-state index < -0.39 is 0 Å². The lowest BCUT2D eigenvalue weighted by Crippen LogP contribution is -2.25. The smallest absolute Gasteiger partial charge is 0.0141 e. The van der Waals surface area contributed by atoms with E-state index in [9.17, 15) is 0 Å². The zero-order chi connectivity index (χ0) is 14.0. The van der Waals surface area contributed by atoms with Gasteiger partial charge in [-0.25, -0.2) is 0 Å². The zero-order valence-corrected chi connectivity index (χ0v) is 12.4. The Kier molecular flexibility index (Phi) is 3.65. The molecule has 20 heavy (non-hydrogen) atoms. The summed E-state index contributed by atoms with van der Waals surface area (Å²) in [6.07, 6.45) is 10.7. The van der Waals surface area contributed by atoms with Gasteiger partial charge in [-0.15, -0.1) is 0 Å². The van der Waals surface area contributed by atoms with E-state index in [0.717, 1.165) is 6.42 Å². The fraction of sp³-hybridized carbons (Fsp3) is 0.350. The summed E-state index contributed by atoms with van der Waals surface area (Å²) < 4.78 is 0. The Labute approximate surface area is 122 Å². The van der Waals surface area contributed by atoms with Crippen LogP contribution in [0.25, 0.3) is 16.8 Å². The largest absolute Gasteiger partial charge is 0.0733 e. The Morgan fingerprint density at radius 1 is 1.05 bits per heavy atom. The van der Waals surface area contributed by atoms with Crippen LogP contribution in [0, 0.1) is 6.92 Å². The van der Waals surface area contributed by atoms with Crippen LogP contribution in [0.2, 0.25) is 0 Å². The second kappa shape index (κ2) is 5.44. The van der Waals surface area contributed by atoms with Gasteiger partial charge < -0.3 is 0 Å². The quantitative estimate of drug-likeness (QED) is 0.629. The SMILES string of the molecule is [CH2]CCCC1(CCC)C=Cc2cccc3cccc1c23. The van der Waals surface area contributed by atoms with Crippen LogP contribution in [-0.4, -0.2) is 0 Å². The molecule has 1 atom stereocenters. The second-order valence-corrected chi connectivity index (χ2v) is 5.95. The molecule has 1 unspecified atom stereocenters. The Balaban J connectivity index is 2.20. The number of benzene rings is 2. The van der Waals surface area contributed by atoms with Crippen LogP contribution in [0.5, 0.6) is 0 Å². The van der Waals surface area contributed by atoms with Crippen LogP contribution in [0.4, 0.5) is 0 Å². The van der Waals surface area contributed by atoms with Crippen molar-refractivity contribution in [3.8, 4) is 0 Å². The number of allylic oxidation sites excluding steroid dienone is 1. The molecule has 0 aromatic heterocycles. The van der Waals surface area contributed by atoms with E-state index in [-0.39, 0.29) is 5.41 Å². The zero-order valence-electron chi connectivity index (χ0n) is 12.4. The fourth-order valence-corrected chi connectivity index (χ4v) is 3.71. The summed E-state index contributed by atoms with van der Waals surface area (Å²) >= 11 is 0. The highest BCUT2D eigenvalue weighted by Gasteiger charge is 2.32. The fourth-order valence-electron chi connectivity index (χ4n) is 3.71. The van der Waals surface area contributed by atoms with Gasteiger partial charge in [-0.2, -0.15) is 0 Å². The third-order valence-electron chi connectivity index (χ3n) is 4.62. The summed E-state index contributed by atoms with van der Waals surface area (Å²) in [6.45, 7) is 6.32. The van der Waals surface area contributed by atoms with Gasteiger partial charge in [0.15, 0.2) is 0 Å². The summed E-state index contributed by atoms with van der Waals surface area (Å²) in [5.74, 6) is 0. The molecule has 3 rings (SSSR count). The average molecular weight is 263 g/mol. The molecular weight excluding hydrogens is 240 g/mol. The standard InChI is InChI=1S/C20H23/c1-3-5-14-20(13-4-2)15-12-17-9-6-8-16-10-7-11-18(20)19(16)17/h6-12,15H,1,3-5,13-14H2,2H3. The molecule has 2 aromatic carbocycles. The Hall–Kier alpha value is -1.56. The van der Waals surface area contributed by atoms with Crippen molar-refractivity contribution in [3.63, 3.8) is 0 Å². The first-order chi connectivity index (χ1) is 9.80. The van der Waals surface area contributed by atoms with E-state index >= 15 is 0 Å². The normalized spacial score (nSPS) is 20.5. The summed E-state index contributed by atoms with van der Waals surface area (Å²) in [7, 11) is 0. The van der Waals surface area contributed by atoms with Crippen molar-refractivity contribution >= 4 is 16.8 Å². The molecule has 0 amide bonds. The van der Waals surface area contributed by atoms with Crippen LogP contribution in [0.1, 0.15) is 50.2 Å². The summed E-state index contributed by atoms with van der Waals surface area (Å²) in [4.78, 5) is 0. The molecule has 0 saturated carbocycles. The van der Waals surface area contributed by atoms with Gasteiger partial charge in [0.2, 0.25) is 0 Å². The van der Waals surface area contributed by atoms with Gasteiger partial charge in [-0.3, -0.25) is 0 Å². The molecule has 0 heterocycles. The van der Waals surface area contributed by atoms with Gasteiger partial charge in [0.1, 0.15) is 0 Å². The van der Waals surface area contributed by atoms with E-state index in [0.29, 0.717) is 0 Å². The minimum atomic E-state index is 0.223. The number of hydrogen-bond donors (Lipinski definition) is 0. The van der Waals surface area contributed by atoms with Crippen molar-refractivity contribution in [1.82, 2.24) is 0 Å². The average Bonchev–Trinajstić information content (AvgIpc) is 2.49. The highest BCUT2D eigenvalue weighted by molar-refractivity contribution is 5.96. The van der Waals surface area contributed by atoms with E-state index in [1.54, 1.807) is 0 Å². The van der Waals surface area contributed by atoms with Gasteiger partial charge in [-0.05, 0) is 34.7 Å². The third-order valence-corrected chi connectivity index (χ3v) is 4.62. The number of hydrogen-bond acceptors (Lipinski definition) is 0. The van der Waals surface area contributed by atoms with Crippen LogP contribution in [-0.2, 0) is 5.41 Å². The first-order valence-corrected chi connectivity index (χ1v) is 7.81. The minimum absolute atomic E-state index is 0.223. The number of rotatable bonds is 5. The molecule has 1 aliphatic carbocycles. The third kappa shape index (κ3) is 2.08. The summed E-state index contributed by atoms with van der Waals surface area (Å²) in [5, 5.41) is 2.84. The van der Waals surface area contributed by atoms with E-state index in [2.05, 4.69) is 62.4 Å². The van der Waals surface area contributed by atoms with Crippen LogP contribution >= 0.6 is 0 Å². The number of unbranched alkanes of at least 4 members (excludes halogenated alkanes) is 1. The van der Waals surface area contributed by atoms with Crippen LogP contribution < -0.4 is 0 Å². The molecule has 0 N–H and O–H groups in total. The monoisotopic (exact) mass is 263 g/mol. The maximum atomic E-state index is 4.03. The van der Waals surface area contributed by atoms with Gasteiger partial charge >= 0.3 is 0 Å². The van der Waals surface area contributed by atoms with Crippen molar-refractivity contribution in [2.75, 3.05) is 0 Å². The maximum absolute atomic E-state index is 4.03. The minimum Gasteiger partial charge on any atom is -0.0733 e. The van der Waals surface area contributed by atoms with E-state index in [4.69, 9.17) is 0 Å². The first kappa shape index (κ1) is 13.4. The van der Waals surface area contributed by atoms with Crippen LogP contribution in [0.3, 0.4) is 0 Å². The van der Waals surface area contributed by atoms with Crippen molar-refractivity contribution < 1.29 is 0 Å². The lowest BCUT2D eigenvalue weighted by molar-refractivity contribution is 0.437. The Bertz CT molecular complexity index is 630. The topological polar surface area (TPSA) is 0 Å². The van der Waals surface area contributed by atoms with Crippen molar-refractivity contribution in [2.45, 2.75) is 44.4 Å². The Morgan fingerprint density at radius 3 is 2.60 bits per heavy atom. The van der Waals surface area contributed by atoms with Crippen LogP contribution in [0.15, 0.2) is 42.5 Å². The predicted octanol–water partition coefficient (Wildman–Crippen LogP) is 5.91. The predicted molar refractivity (Wildman–Crippen MR) is 88.8 cm³/mol. The van der Waals surface area contributed by atoms with Crippen molar-refractivity contribution in [1.29, 1.82) is 0 Å². The van der Waals surface area contributed by atoms with Gasteiger partial charge in [-0.1, -0.05) is 81.7 Å². The molecule has 0 spiro atoms. The van der Waals surface area contributed by atoms with Gasteiger partial charge in [0, 0.05) is 5.41 Å². The molecule has 103 valence electrons. The second-order valence-electron chi connectivity index (χ2n) is 5.95. The van der Waals surface area contributed by atoms with Crippen molar-refractivity contribution in [2.24, 2.45) is 0 Å². The molecule has 1 aliphatic rings. The maximum Gasteiger partial charge on any atom is 0.0141 e. The molecule has 0 aliphatic heterocycles. The molecule has 1 radical (unpaired) electrons. The molecule has 0 heteroatoms. The highest BCUT2D eigenvalue weighted by atomic mass is 14.4. The molecule has 2 aromatic rings. The molecule has 0 bridgehead atoms. The first-order valence-electron chi connectivity index (χ1n) is 7.81. The van der Waals surface area contributed by atoms with Gasteiger partial charge in [0.25, 0.3) is 0 Å². The lowest BCUT2D eigenvalue weighted by atomic mass is 9.68. The summed E-state index contributed by atoms with van der Waals surface area (Å²) in [6, 6.07) is 13.4. The Morgan fingerprint density at radius 2 is 1.85 bits per heavy atom.